The minimum atomic E-state index is -0.281. The van der Waals surface area contributed by atoms with Gasteiger partial charge in [-0.25, -0.2) is 0 Å². The Balaban J connectivity index is 1.87. The molecule has 0 aliphatic carbocycles. The van der Waals surface area contributed by atoms with Crippen molar-refractivity contribution in [3.8, 4) is 6.07 Å². The quantitative estimate of drug-likeness (QED) is 0.819. The predicted molar refractivity (Wildman–Crippen MR) is 91.7 cm³/mol. The van der Waals surface area contributed by atoms with E-state index in [4.69, 9.17) is 9.47 Å². The van der Waals surface area contributed by atoms with Crippen LogP contribution >= 0.6 is 0 Å². The molecule has 0 aromatic heterocycles. The first-order chi connectivity index (χ1) is 11.9. The largest absolute Gasteiger partial charge is 0.463 e. The van der Waals surface area contributed by atoms with Gasteiger partial charge in [0.05, 0.1) is 18.2 Å². The monoisotopic (exact) mass is 317 g/mol. The van der Waals surface area contributed by atoms with Gasteiger partial charge in [0.25, 0.3) is 0 Å². The smallest absolute Gasteiger partial charge is 0.203 e. The zero-order valence-electron chi connectivity index (χ0n) is 13.4. The van der Waals surface area contributed by atoms with E-state index in [1.165, 1.54) is 0 Å². The summed E-state index contributed by atoms with van der Waals surface area (Å²) in [5, 5.41) is 9.92. The molecule has 24 heavy (non-hydrogen) atoms. The molecule has 0 spiro atoms. The average Bonchev–Trinajstić information content (AvgIpc) is 2.67. The van der Waals surface area contributed by atoms with Crippen LogP contribution in [0.2, 0.25) is 0 Å². The SMILES string of the molecule is N#CC1=C(c2ccccc2)O[C@@H]2OCCC[C@@H]2[C@@H]1c1ccccc1. The fraction of sp³-hybridized carbons (Fsp3) is 0.286. The third-order valence-corrected chi connectivity index (χ3v) is 4.85. The van der Waals surface area contributed by atoms with Crippen molar-refractivity contribution in [1.82, 2.24) is 0 Å². The van der Waals surface area contributed by atoms with Gasteiger partial charge >= 0.3 is 0 Å². The maximum Gasteiger partial charge on any atom is 0.203 e. The van der Waals surface area contributed by atoms with E-state index in [0.29, 0.717) is 17.9 Å². The van der Waals surface area contributed by atoms with Crippen LogP contribution in [-0.4, -0.2) is 12.9 Å². The van der Waals surface area contributed by atoms with Crippen LogP contribution in [0.25, 0.3) is 5.76 Å². The van der Waals surface area contributed by atoms with Crippen molar-refractivity contribution >= 4 is 5.76 Å². The highest BCUT2D eigenvalue weighted by atomic mass is 16.7. The molecule has 0 radical (unpaired) electrons. The number of benzene rings is 2. The summed E-state index contributed by atoms with van der Waals surface area (Å²) in [6, 6.07) is 22.6. The lowest BCUT2D eigenvalue weighted by molar-refractivity contribution is -0.166. The third kappa shape index (κ3) is 2.60. The van der Waals surface area contributed by atoms with Crippen molar-refractivity contribution < 1.29 is 9.47 Å². The van der Waals surface area contributed by atoms with E-state index in [1.54, 1.807) is 0 Å². The fourth-order valence-electron chi connectivity index (χ4n) is 3.77. The normalized spacial score (nSPS) is 26.2. The lowest BCUT2D eigenvalue weighted by Gasteiger charge is -2.41. The van der Waals surface area contributed by atoms with Crippen LogP contribution in [0.5, 0.6) is 0 Å². The van der Waals surface area contributed by atoms with Gasteiger partial charge in [-0.05, 0) is 18.4 Å². The van der Waals surface area contributed by atoms with E-state index < -0.39 is 0 Å². The van der Waals surface area contributed by atoms with E-state index in [1.807, 2.05) is 48.5 Å². The summed E-state index contributed by atoms with van der Waals surface area (Å²) in [5.41, 5.74) is 2.80. The van der Waals surface area contributed by atoms with Crippen LogP contribution in [0.4, 0.5) is 0 Å². The summed E-state index contributed by atoms with van der Waals surface area (Å²) in [7, 11) is 0. The van der Waals surface area contributed by atoms with Gasteiger partial charge in [0.2, 0.25) is 6.29 Å². The van der Waals surface area contributed by atoms with Crippen LogP contribution in [0, 0.1) is 17.2 Å². The Morgan fingerprint density at radius 3 is 2.38 bits per heavy atom. The Morgan fingerprint density at radius 2 is 1.67 bits per heavy atom. The molecule has 120 valence electrons. The van der Waals surface area contributed by atoms with E-state index in [0.717, 1.165) is 24.0 Å². The number of allylic oxidation sites excluding steroid dienone is 1. The second-order valence-electron chi connectivity index (χ2n) is 6.27. The van der Waals surface area contributed by atoms with Crippen LogP contribution in [-0.2, 0) is 9.47 Å². The zero-order chi connectivity index (χ0) is 16.4. The first-order valence-corrected chi connectivity index (χ1v) is 8.41. The minimum Gasteiger partial charge on any atom is -0.463 e. The summed E-state index contributed by atoms with van der Waals surface area (Å²) >= 11 is 0. The van der Waals surface area contributed by atoms with Crippen molar-refractivity contribution in [2.24, 2.45) is 5.92 Å². The van der Waals surface area contributed by atoms with E-state index >= 15 is 0 Å². The van der Waals surface area contributed by atoms with Gasteiger partial charge in [0.15, 0.2) is 0 Å². The van der Waals surface area contributed by atoms with E-state index in [9.17, 15) is 5.26 Å². The maximum atomic E-state index is 9.92. The molecule has 4 rings (SSSR count). The molecule has 3 atom stereocenters. The van der Waals surface area contributed by atoms with Crippen molar-refractivity contribution in [3.63, 3.8) is 0 Å². The van der Waals surface area contributed by atoms with Crippen LogP contribution < -0.4 is 0 Å². The molecular formula is C21H19NO2. The molecule has 0 N–H and O–H groups in total. The standard InChI is InChI=1S/C21H19NO2/c22-14-18-19(15-8-3-1-4-9-15)17-12-7-13-23-21(17)24-20(18)16-10-5-2-6-11-16/h1-6,8-11,17,19,21H,7,12-13H2/t17-,19+,21+/m1/s1. The number of hydrogen-bond acceptors (Lipinski definition) is 3. The lowest BCUT2D eigenvalue weighted by Crippen LogP contribution is -2.39. The molecular weight excluding hydrogens is 298 g/mol. The molecule has 2 aliphatic heterocycles. The highest BCUT2D eigenvalue weighted by Crippen LogP contribution is 2.47. The van der Waals surface area contributed by atoms with Gasteiger partial charge in [-0.15, -0.1) is 0 Å². The molecule has 2 aliphatic rings. The molecule has 0 saturated carbocycles. The Bertz CT molecular complexity index is 776. The number of nitrogens with zero attached hydrogens (tertiary/aromatic N) is 1. The molecule has 0 bridgehead atoms. The van der Waals surface area contributed by atoms with Crippen LogP contribution in [0.15, 0.2) is 66.2 Å². The molecule has 0 unspecified atom stereocenters. The Hall–Kier alpha value is -2.57. The second-order valence-corrected chi connectivity index (χ2v) is 6.27. The molecule has 1 saturated heterocycles. The molecule has 2 aromatic carbocycles. The summed E-state index contributed by atoms with van der Waals surface area (Å²) in [4.78, 5) is 0. The number of rotatable bonds is 2. The Morgan fingerprint density at radius 1 is 0.958 bits per heavy atom. The molecule has 2 aromatic rings. The molecule has 3 nitrogen and oxygen atoms in total. The minimum absolute atomic E-state index is 0.0189. The van der Waals surface area contributed by atoms with Gasteiger partial charge in [-0.3, -0.25) is 0 Å². The fourth-order valence-corrected chi connectivity index (χ4v) is 3.77. The number of fused-ring (bicyclic) bond motifs is 1. The topological polar surface area (TPSA) is 42.2 Å². The zero-order valence-corrected chi connectivity index (χ0v) is 13.4. The molecule has 1 fully saturated rings. The van der Waals surface area contributed by atoms with Crippen molar-refractivity contribution in [2.45, 2.75) is 25.0 Å². The summed E-state index contributed by atoms with van der Waals surface area (Å²) < 4.78 is 12.1. The highest BCUT2D eigenvalue weighted by molar-refractivity contribution is 5.70. The van der Waals surface area contributed by atoms with Crippen molar-refractivity contribution in [3.05, 3.63) is 77.4 Å². The number of hydrogen-bond donors (Lipinski definition) is 0. The Labute approximate surface area is 142 Å². The van der Waals surface area contributed by atoms with Gasteiger partial charge in [0, 0.05) is 17.4 Å². The maximum absolute atomic E-state index is 9.92. The van der Waals surface area contributed by atoms with Crippen molar-refractivity contribution in [2.75, 3.05) is 6.61 Å². The molecule has 2 heterocycles. The number of nitriles is 1. The van der Waals surface area contributed by atoms with Gasteiger partial charge in [-0.2, -0.15) is 5.26 Å². The lowest BCUT2D eigenvalue weighted by atomic mass is 9.75. The van der Waals surface area contributed by atoms with E-state index in [-0.39, 0.29) is 18.1 Å². The van der Waals surface area contributed by atoms with Gasteiger partial charge < -0.3 is 9.47 Å². The van der Waals surface area contributed by atoms with E-state index in [2.05, 4.69) is 18.2 Å². The third-order valence-electron chi connectivity index (χ3n) is 4.85. The predicted octanol–water partition coefficient (Wildman–Crippen LogP) is 4.49. The molecule has 0 amide bonds. The van der Waals surface area contributed by atoms with Crippen molar-refractivity contribution in [1.29, 1.82) is 5.26 Å². The molecule has 3 heteroatoms. The average molecular weight is 317 g/mol. The number of ether oxygens (including phenoxy) is 2. The first-order valence-electron chi connectivity index (χ1n) is 8.41. The highest BCUT2D eigenvalue weighted by Gasteiger charge is 2.43. The first kappa shape index (κ1) is 15.0. The van der Waals surface area contributed by atoms with Crippen LogP contribution in [0.3, 0.4) is 0 Å². The summed E-state index contributed by atoms with van der Waals surface area (Å²) in [6.45, 7) is 0.715. The van der Waals surface area contributed by atoms with Gasteiger partial charge in [0.1, 0.15) is 5.76 Å². The van der Waals surface area contributed by atoms with Crippen LogP contribution in [0.1, 0.15) is 29.9 Å². The summed E-state index contributed by atoms with van der Waals surface area (Å²) in [6.07, 6.45) is 1.74. The summed E-state index contributed by atoms with van der Waals surface area (Å²) in [5.74, 6) is 0.865. The second kappa shape index (κ2) is 6.51. The Kier molecular flexibility index (Phi) is 4.06. The van der Waals surface area contributed by atoms with Gasteiger partial charge in [-0.1, -0.05) is 60.7 Å².